The number of fused-ring (bicyclic) bond motifs is 1. The van der Waals surface area contributed by atoms with Crippen LogP contribution in [0.1, 0.15) is 15.9 Å². The predicted molar refractivity (Wildman–Crippen MR) is 140 cm³/mol. The minimum Gasteiger partial charge on any atom is -0.477 e. The fourth-order valence-corrected chi connectivity index (χ4v) is 4.68. The predicted octanol–water partition coefficient (Wildman–Crippen LogP) is 3.50. The molecule has 0 radical (unpaired) electrons. The first-order chi connectivity index (χ1) is 17.1. The first-order valence-electron chi connectivity index (χ1n) is 11.3. The maximum Gasteiger partial charge on any atom is 0.262 e. The number of anilines is 2. The molecule has 1 atom stereocenters. The average molecular weight is 528 g/mol. The number of ether oxygens (including phenoxy) is 1. The molecule has 2 amide bonds. The second-order valence-electron chi connectivity index (χ2n) is 8.41. The molecule has 3 aromatic carbocycles. The van der Waals surface area contributed by atoms with Crippen LogP contribution in [0.3, 0.4) is 0 Å². The molecule has 1 heterocycles. The van der Waals surface area contributed by atoms with Gasteiger partial charge in [-0.1, -0.05) is 54.1 Å². The number of carbonyl (C=O) groups is 2. The Morgan fingerprint density at radius 2 is 1.78 bits per heavy atom. The van der Waals surface area contributed by atoms with E-state index in [-0.39, 0.29) is 28.7 Å². The largest absolute Gasteiger partial charge is 0.477 e. The number of para-hydroxylation sites is 2. The molecule has 0 saturated carbocycles. The van der Waals surface area contributed by atoms with Crippen LogP contribution < -0.4 is 19.3 Å². The molecule has 1 aliphatic rings. The molecule has 0 aliphatic carbocycles. The fraction of sp³-hybridized carbons (Fsp3) is 0.231. The highest BCUT2D eigenvalue weighted by Gasteiger charge is 2.34. The van der Waals surface area contributed by atoms with Crippen molar-refractivity contribution in [3.63, 3.8) is 0 Å². The number of rotatable bonds is 7. The quantitative estimate of drug-likeness (QED) is 0.507. The van der Waals surface area contributed by atoms with E-state index in [1.54, 1.807) is 24.3 Å². The Hall–Kier alpha value is -3.56. The van der Waals surface area contributed by atoms with Crippen LogP contribution in [-0.2, 0) is 21.2 Å². The molecule has 8 nitrogen and oxygen atoms in total. The van der Waals surface area contributed by atoms with Crippen LogP contribution >= 0.6 is 11.6 Å². The molecule has 1 N–H and O–H groups in total. The molecule has 1 aliphatic heterocycles. The molecule has 0 unspecified atom stereocenters. The van der Waals surface area contributed by atoms with Gasteiger partial charge in [-0.3, -0.25) is 13.9 Å². The van der Waals surface area contributed by atoms with Crippen molar-refractivity contribution in [1.82, 2.24) is 5.32 Å². The van der Waals surface area contributed by atoms with Crippen LogP contribution in [0.4, 0.5) is 11.4 Å². The molecule has 3 aromatic rings. The van der Waals surface area contributed by atoms with E-state index in [1.165, 1.54) is 30.1 Å². The summed E-state index contributed by atoms with van der Waals surface area (Å²) in [5.74, 6) is -0.331. The van der Waals surface area contributed by atoms with Crippen molar-refractivity contribution in [2.75, 3.05) is 35.6 Å². The number of sulfonamides is 1. The Balaban J connectivity index is 1.56. The lowest BCUT2D eigenvalue weighted by molar-refractivity contribution is -0.127. The summed E-state index contributed by atoms with van der Waals surface area (Å²) in [6.07, 6.45) is 0.807. The summed E-state index contributed by atoms with van der Waals surface area (Å²) in [7, 11) is -2.23. The summed E-state index contributed by atoms with van der Waals surface area (Å²) >= 11 is 6.22. The van der Waals surface area contributed by atoms with Crippen LogP contribution in [-0.4, -0.2) is 52.7 Å². The van der Waals surface area contributed by atoms with Crippen LogP contribution in [0, 0.1) is 0 Å². The van der Waals surface area contributed by atoms with Gasteiger partial charge in [0.2, 0.25) is 10.0 Å². The van der Waals surface area contributed by atoms with E-state index in [4.69, 9.17) is 16.3 Å². The maximum atomic E-state index is 13.6. The van der Waals surface area contributed by atoms with Crippen molar-refractivity contribution in [2.45, 2.75) is 12.5 Å². The standard InChI is InChI=1S/C26H26ClN3O5S/c1-29(36(2,33)34)22-16-19(12-13-20(22)27)26(32)30-17-24(35-23-11-7-6-10-21(23)30)25(31)28-15-14-18-8-4-3-5-9-18/h3-13,16,24H,14-15,17H2,1-2H3,(H,28,31)/t24-/m1/s1. The minimum atomic E-state index is -3.59. The molecule has 0 aromatic heterocycles. The van der Waals surface area contributed by atoms with Crippen molar-refractivity contribution < 1.29 is 22.7 Å². The second-order valence-corrected chi connectivity index (χ2v) is 10.8. The Morgan fingerprint density at radius 1 is 1.08 bits per heavy atom. The molecular weight excluding hydrogens is 502 g/mol. The third-order valence-corrected chi connectivity index (χ3v) is 7.41. The lowest BCUT2D eigenvalue weighted by Crippen LogP contribution is -2.51. The zero-order valence-corrected chi connectivity index (χ0v) is 21.4. The zero-order chi connectivity index (χ0) is 25.9. The topological polar surface area (TPSA) is 96.0 Å². The molecule has 10 heteroatoms. The van der Waals surface area contributed by atoms with Crippen molar-refractivity contribution >= 4 is 44.8 Å². The van der Waals surface area contributed by atoms with Crippen LogP contribution in [0.25, 0.3) is 0 Å². The van der Waals surface area contributed by atoms with Crippen molar-refractivity contribution in [1.29, 1.82) is 0 Å². The van der Waals surface area contributed by atoms with Gasteiger partial charge in [0.1, 0.15) is 5.75 Å². The molecule has 0 bridgehead atoms. The summed E-state index contributed by atoms with van der Waals surface area (Å²) in [5, 5.41) is 3.08. The van der Waals surface area contributed by atoms with Crippen molar-refractivity contribution in [2.24, 2.45) is 0 Å². The number of nitrogens with one attached hydrogen (secondary N) is 1. The van der Waals surface area contributed by atoms with Crippen LogP contribution in [0.2, 0.25) is 5.02 Å². The molecule has 188 valence electrons. The van der Waals surface area contributed by atoms with Gasteiger partial charge in [0.15, 0.2) is 6.10 Å². The number of benzene rings is 3. The SMILES string of the molecule is CN(c1cc(C(=O)N2C[C@H](C(=O)NCCc3ccccc3)Oc3ccccc32)ccc1Cl)S(C)(=O)=O. The first-order valence-corrected chi connectivity index (χ1v) is 13.5. The van der Waals surface area contributed by atoms with Gasteiger partial charge in [-0.2, -0.15) is 0 Å². The Kier molecular flexibility index (Phi) is 7.51. The van der Waals surface area contributed by atoms with Gasteiger partial charge < -0.3 is 15.0 Å². The maximum absolute atomic E-state index is 13.6. The van der Waals surface area contributed by atoms with E-state index in [0.29, 0.717) is 24.4 Å². The van der Waals surface area contributed by atoms with Crippen molar-refractivity contribution in [3.8, 4) is 5.75 Å². The van der Waals surface area contributed by atoms with Gasteiger partial charge in [0.05, 0.1) is 29.2 Å². The third kappa shape index (κ3) is 5.63. The monoisotopic (exact) mass is 527 g/mol. The highest BCUT2D eigenvalue weighted by molar-refractivity contribution is 7.92. The summed E-state index contributed by atoms with van der Waals surface area (Å²) in [6, 6.07) is 21.2. The van der Waals surface area contributed by atoms with Gasteiger partial charge in [-0.05, 0) is 42.3 Å². The summed E-state index contributed by atoms with van der Waals surface area (Å²) in [6.45, 7) is 0.420. The second kappa shape index (κ2) is 10.6. The Morgan fingerprint density at radius 3 is 2.50 bits per heavy atom. The van der Waals surface area contributed by atoms with Gasteiger partial charge in [0, 0.05) is 19.2 Å². The van der Waals surface area contributed by atoms with E-state index in [2.05, 4.69) is 5.32 Å². The molecular formula is C26H26ClN3O5S. The highest BCUT2D eigenvalue weighted by Crippen LogP contribution is 2.35. The van der Waals surface area contributed by atoms with Gasteiger partial charge in [-0.25, -0.2) is 8.42 Å². The number of amides is 2. The zero-order valence-electron chi connectivity index (χ0n) is 19.8. The first kappa shape index (κ1) is 25.5. The average Bonchev–Trinajstić information content (AvgIpc) is 2.87. The summed E-state index contributed by atoms with van der Waals surface area (Å²) in [4.78, 5) is 28.0. The van der Waals surface area contributed by atoms with Crippen LogP contribution in [0.15, 0.2) is 72.8 Å². The summed E-state index contributed by atoms with van der Waals surface area (Å²) < 4.78 is 31.0. The highest BCUT2D eigenvalue weighted by atomic mass is 35.5. The molecule has 0 spiro atoms. The molecule has 0 fully saturated rings. The lowest BCUT2D eigenvalue weighted by Gasteiger charge is -2.34. The number of halogens is 1. The third-order valence-electron chi connectivity index (χ3n) is 5.90. The van der Waals surface area contributed by atoms with Crippen LogP contribution in [0.5, 0.6) is 5.75 Å². The van der Waals surface area contributed by atoms with Gasteiger partial charge in [0.25, 0.3) is 11.8 Å². The number of hydrogen-bond donors (Lipinski definition) is 1. The number of carbonyl (C=O) groups excluding carboxylic acids is 2. The minimum absolute atomic E-state index is 0.00705. The van der Waals surface area contributed by atoms with E-state index >= 15 is 0 Å². The molecule has 4 rings (SSSR count). The lowest BCUT2D eigenvalue weighted by atomic mass is 10.1. The van der Waals surface area contributed by atoms with E-state index in [9.17, 15) is 18.0 Å². The normalized spacial score (nSPS) is 15.0. The molecule has 0 saturated heterocycles. The van der Waals surface area contributed by atoms with E-state index < -0.39 is 22.0 Å². The van der Waals surface area contributed by atoms with Gasteiger partial charge in [-0.15, -0.1) is 0 Å². The number of hydrogen-bond acceptors (Lipinski definition) is 5. The smallest absolute Gasteiger partial charge is 0.262 e. The van der Waals surface area contributed by atoms with E-state index in [0.717, 1.165) is 16.1 Å². The Bertz CT molecular complexity index is 1380. The number of nitrogens with zero attached hydrogens (tertiary/aromatic N) is 2. The van der Waals surface area contributed by atoms with E-state index in [1.807, 2.05) is 30.3 Å². The van der Waals surface area contributed by atoms with Crippen molar-refractivity contribution in [3.05, 3.63) is 88.9 Å². The Labute approximate surface area is 215 Å². The fourth-order valence-electron chi connectivity index (χ4n) is 3.87. The summed E-state index contributed by atoms with van der Waals surface area (Å²) in [5.41, 5.74) is 2.03. The molecule has 36 heavy (non-hydrogen) atoms. The van der Waals surface area contributed by atoms with Gasteiger partial charge >= 0.3 is 0 Å².